The van der Waals surface area contributed by atoms with Crippen LogP contribution >= 0.6 is 0 Å². The summed E-state index contributed by atoms with van der Waals surface area (Å²) in [6, 6.07) is 24.1. The molecular formula is C38H46N4O4. The van der Waals surface area contributed by atoms with Gasteiger partial charge in [0.25, 0.3) is 5.91 Å². The molecule has 1 unspecified atom stereocenters. The van der Waals surface area contributed by atoms with Crippen LogP contribution in [0, 0.1) is 5.92 Å². The highest BCUT2D eigenvalue weighted by molar-refractivity contribution is 5.96. The van der Waals surface area contributed by atoms with Crippen LogP contribution in [-0.4, -0.2) is 34.6 Å². The monoisotopic (exact) mass is 622 g/mol. The Morgan fingerprint density at radius 2 is 1.74 bits per heavy atom. The average molecular weight is 623 g/mol. The number of unbranched alkanes of at least 4 members (excludes halogenated alkanes) is 1. The Morgan fingerprint density at radius 3 is 2.39 bits per heavy atom. The number of hydrogen-bond donors (Lipinski definition) is 2. The summed E-state index contributed by atoms with van der Waals surface area (Å²) in [5.74, 6) is 1.39. The Kier molecular flexibility index (Phi) is 11.3. The lowest BCUT2D eigenvalue weighted by molar-refractivity contribution is -0.131. The number of benzene rings is 3. The minimum atomic E-state index is -0.628. The maximum atomic E-state index is 12.0. The lowest BCUT2D eigenvalue weighted by Gasteiger charge is -2.32. The first-order valence-corrected chi connectivity index (χ1v) is 16.5. The smallest absolute Gasteiger partial charge is 0.308 e. The second-order valence-electron chi connectivity index (χ2n) is 12.2. The number of ether oxygens (including phenoxy) is 2. The molecule has 1 fully saturated rings. The average Bonchev–Trinajstić information content (AvgIpc) is 3.43. The zero-order valence-corrected chi connectivity index (χ0v) is 27.3. The zero-order valence-electron chi connectivity index (χ0n) is 27.3. The van der Waals surface area contributed by atoms with Crippen LogP contribution < -0.4 is 20.5 Å². The fourth-order valence-electron chi connectivity index (χ4n) is 6.56. The summed E-state index contributed by atoms with van der Waals surface area (Å²) in [6.07, 6.45) is 9.01. The second-order valence-corrected chi connectivity index (χ2v) is 12.2. The standard InChI is InChI=1S/C38H46N4O4/c1-4-5-22-42-34(36(29-17-19-31(45-3)20-18-29)41-38(42)30-14-10-7-11-15-30)24-33(28-12-8-6-9-13-28)40-25-27-16-21-32(37(39)44)35(23-27)46-26(2)43/h7,10-11,14-21,23,28,33,40H,4-6,8-9,12-13,22,24-25H2,1-3H3,(H2,39,44). The summed E-state index contributed by atoms with van der Waals surface area (Å²) in [7, 11) is 1.69. The van der Waals surface area contributed by atoms with Gasteiger partial charge >= 0.3 is 5.97 Å². The predicted molar refractivity (Wildman–Crippen MR) is 182 cm³/mol. The molecule has 1 aliphatic rings. The van der Waals surface area contributed by atoms with Gasteiger partial charge in [0.15, 0.2) is 0 Å². The number of nitrogens with one attached hydrogen (secondary N) is 1. The molecule has 1 aromatic heterocycles. The van der Waals surface area contributed by atoms with Crippen LogP contribution in [0.4, 0.5) is 0 Å². The summed E-state index contributed by atoms with van der Waals surface area (Å²) >= 11 is 0. The summed E-state index contributed by atoms with van der Waals surface area (Å²) in [6.45, 7) is 4.99. The molecule has 0 saturated heterocycles. The maximum absolute atomic E-state index is 12.0. The van der Waals surface area contributed by atoms with Crippen molar-refractivity contribution < 1.29 is 19.1 Å². The highest BCUT2D eigenvalue weighted by Gasteiger charge is 2.28. The molecule has 1 saturated carbocycles. The van der Waals surface area contributed by atoms with Crippen LogP contribution in [0.25, 0.3) is 22.6 Å². The number of amides is 1. The summed E-state index contributed by atoms with van der Waals surface area (Å²) in [5, 5.41) is 3.89. The fourth-order valence-corrected chi connectivity index (χ4v) is 6.56. The van der Waals surface area contributed by atoms with E-state index in [-0.39, 0.29) is 17.4 Å². The number of aromatic nitrogens is 2. The first-order valence-electron chi connectivity index (χ1n) is 16.5. The van der Waals surface area contributed by atoms with Gasteiger partial charge in [-0.1, -0.05) is 69.0 Å². The lowest BCUT2D eigenvalue weighted by Crippen LogP contribution is -2.39. The number of hydrogen-bond acceptors (Lipinski definition) is 6. The third-order valence-electron chi connectivity index (χ3n) is 8.97. The van der Waals surface area contributed by atoms with E-state index in [0.29, 0.717) is 12.5 Å². The number of imidazole rings is 1. The van der Waals surface area contributed by atoms with Crippen molar-refractivity contribution in [3.8, 4) is 34.1 Å². The molecule has 1 aliphatic carbocycles. The van der Waals surface area contributed by atoms with E-state index in [2.05, 4.69) is 53.2 Å². The fraction of sp³-hybridized carbons (Fsp3) is 0.395. The van der Waals surface area contributed by atoms with Crippen molar-refractivity contribution in [1.29, 1.82) is 0 Å². The number of nitrogens with zero attached hydrogens (tertiary/aromatic N) is 2. The number of carbonyl (C=O) groups is 2. The molecule has 5 rings (SSSR count). The largest absolute Gasteiger partial charge is 0.497 e. The van der Waals surface area contributed by atoms with Crippen molar-refractivity contribution in [1.82, 2.24) is 14.9 Å². The second kappa shape index (κ2) is 15.7. The highest BCUT2D eigenvalue weighted by Crippen LogP contribution is 2.35. The topological polar surface area (TPSA) is 108 Å². The van der Waals surface area contributed by atoms with E-state index < -0.39 is 11.9 Å². The summed E-state index contributed by atoms with van der Waals surface area (Å²) < 4.78 is 13.3. The molecule has 242 valence electrons. The van der Waals surface area contributed by atoms with Crippen LogP contribution in [0.2, 0.25) is 0 Å². The third-order valence-corrected chi connectivity index (χ3v) is 8.97. The molecule has 8 nitrogen and oxygen atoms in total. The molecule has 4 aromatic rings. The van der Waals surface area contributed by atoms with E-state index in [1.807, 2.05) is 24.3 Å². The van der Waals surface area contributed by atoms with Gasteiger partial charge in [-0.15, -0.1) is 0 Å². The number of methoxy groups -OCH3 is 1. The van der Waals surface area contributed by atoms with E-state index in [1.165, 1.54) is 44.7 Å². The van der Waals surface area contributed by atoms with Gasteiger partial charge in [-0.25, -0.2) is 4.98 Å². The Bertz CT molecular complexity index is 1610. The van der Waals surface area contributed by atoms with Crippen molar-refractivity contribution in [2.45, 2.75) is 84.3 Å². The Morgan fingerprint density at radius 1 is 1.00 bits per heavy atom. The quantitative estimate of drug-likeness (QED) is 0.113. The molecule has 46 heavy (non-hydrogen) atoms. The van der Waals surface area contributed by atoms with Crippen molar-refractivity contribution in [2.24, 2.45) is 11.7 Å². The number of primary amides is 1. The Labute approximate surface area is 272 Å². The van der Waals surface area contributed by atoms with Gasteiger partial charge in [0, 0.05) is 49.3 Å². The molecule has 0 aliphatic heterocycles. The zero-order chi connectivity index (χ0) is 32.5. The first kappa shape index (κ1) is 32.9. The minimum Gasteiger partial charge on any atom is -0.497 e. The molecule has 0 radical (unpaired) electrons. The van der Waals surface area contributed by atoms with Crippen LogP contribution in [0.3, 0.4) is 0 Å². The highest BCUT2D eigenvalue weighted by atomic mass is 16.5. The Balaban J connectivity index is 1.55. The summed E-state index contributed by atoms with van der Waals surface area (Å²) in [5.41, 5.74) is 11.1. The van der Waals surface area contributed by atoms with Gasteiger partial charge in [0.1, 0.15) is 17.3 Å². The molecule has 1 heterocycles. The van der Waals surface area contributed by atoms with Crippen molar-refractivity contribution in [3.05, 3.63) is 89.6 Å². The van der Waals surface area contributed by atoms with Crippen molar-refractivity contribution in [3.63, 3.8) is 0 Å². The SMILES string of the molecule is CCCCn1c(-c2ccccc2)nc(-c2ccc(OC)cc2)c1CC(NCc1ccc(C(N)=O)c(OC(C)=O)c1)C1CCCCC1. The number of nitrogens with two attached hydrogens (primary N) is 1. The van der Waals surface area contributed by atoms with E-state index >= 15 is 0 Å². The predicted octanol–water partition coefficient (Wildman–Crippen LogP) is 7.33. The van der Waals surface area contributed by atoms with Crippen molar-refractivity contribution in [2.75, 3.05) is 7.11 Å². The van der Waals surface area contributed by atoms with Gasteiger partial charge in [0.05, 0.1) is 18.4 Å². The maximum Gasteiger partial charge on any atom is 0.308 e. The molecule has 3 N–H and O–H groups in total. The van der Waals surface area contributed by atoms with Gasteiger partial charge in [0.2, 0.25) is 0 Å². The number of esters is 1. The Hall–Kier alpha value is -4.43. The molecule has 1 atom stereocenters. The van der Waals surface area contributed by atoms with Crippen molar-refractivity contribution >= 4 is 11.9 Å². The van der Waals surface area contributed by atoms with Gasteiger partial charge in [-0.2, -0.15) is 0 Å². The van der Waals surface area contributed by atoms with E-state index in [0.717, 1.165) is 59.8 Å². The van der Waals surface area contributed by atoms with Crippen LogP contribution in [0.1, 0.15) is 80.4 Å². The number of carbonyl (C=O) groups excluding carboxylic acids is 2. The lowest BCUT2D eigenvalue weighted by atomic mass is 9.81. The summed E-state index contributed by atoms with van der Waals surface area (Å²) in [4.78, 5) is 29.1. The van der Waals surface area contributed by atoms with Crippen LogP contribution in [0.15, 0.2) is 72.8 Å². The van der Waals surface area contributed by atoms with Gasteiger partial charge in [-0.05, 0) is 67.1 Å². The normalized spacial score (nSPS) is 14.2. The molecule has 8 heteroatoms. The van der Waals surface area contributed by atoms with E-state index in [4.69, 9.17) is 20.2 Å². The first-order chi connectivity index (χ1) is 22.4. The van der Waals surface area contributed by atoms with Gasteiger partial charge in [-0.3, -0.25) is 9.59 Å². The number of rotatable bonds is 14. The van der Waals surface area contributed by atoms with Crippen LogP contribution in [-0.2, 0) is 24.3 Å². The molecule has 0 bridgehead atoms. The van der Waals surface area contributed by atoms with Gasteiger partial charge < -0.3 is 25.1 Å². The van der Waals surface area contributed by atoms with Crippen LogP contribution in [0.5, 0.6) is 11.5 Å². The third kappa shape index (κ3) is 8.04. The molecular weight excluding hydrogens is 576 g/mol. The molecule has 1 amide bonds. The van der Waals surface area contributed by atoms with E-state index in [1.54, 1.807) is 19.2 Å². The molecule has 3 aromatic carbocycles. The van der Waals surface area contributed by atoms with E-state index in [9.17, 15) is 9.59 Å². The molecule has 0 spiro atoms. The minimum absolute atomic E-state index is 0.186.